The Balaban J connectivity index is 2.38. The average Bonchev–Trinajstić information content (AvgIpc) is 2.26. The summed E-state index contributed by atoms with van der Waals surface area (Å²) in [6.07, 6.45) is 1.52. The Hall–Kier alpha value is -1.68. The van der Waals surface area contributed by atoms with E-state index in [-0.39, 0.29) is 6.61 Å². The summed E-state index contributed by atoms with van der Waals surface area (Å²) >= 11 is 5.59. The summed E-state index contributed by atoms with van der Waals surface area (Å²) in [5.41, 5.74) is 7.90. The molecule has 84 valence electrons. The fraction of sp³-hybridized carbons (Fsp3) is 0.222. The number of nitriles is 1. The molecular weight excluding hydrogens is 232 g/mol. The van der Waals surface area contributed by atoms with Gasteiger partial charge in [0.15, 0.2) is 6.04 Å². The maximum atomic E-state index is 10.6. The van der Waals surface area contributed by atoms with Gasteiger partial charge in [0.05, 0.1) is 12.7 Å². The maximum Gasteiger partial charge on any atom is 0.251 e. The number of hydrogen-bond acceptors (Lipinski definition) is 5. The lowest BCUT2D eigenvalue weighted by Crippen LogP contribution is -2.39. The van der Waals surface area contributed by atoms with Crippen molar-refractivity contribution in [2.75, 3.05) is 0 Å². The second-order valence-corrected chi connectivity index (χ2v) is 3.25. The average molecular weight is 241 g/mol. The lowest BCUT2D eigenvalue weighted by atomic mass is 10.3. The highest BCUT2D eigenvalue weighted by Gasteiger charge is 2.13. The van der Waals surface area contributed by atoms with E-state index in [0.29, 0.717) is 5.15 Å². The summed E-state index contributed by atoms with van der Waals surface area (Å²) < 4.78 is 0. The molecule has 0 aromatic carbocycles. The van der Waals surface area contributed by atoms with Crippen molar-refractivity contribution >= 4 is 17.5 Å². The summed E-state index contributed by atoms with van der Waals surface area (Å²) in [6, 6.07) is 3.80. The lowest BCUT2D eigenvalue weighted by Gasteiger charge is -2.07. The minimum absolute atomic E-state index is 0.148. The molecular formula is C9H9ClN4O2. The molecule has 0 aliphatic carbocycles. The van der Waals surface area contributed by atoms with Crippen molar-refractivity contribution in [3.8, 4) is 6.07 Å². The molecule has 1 rings (SSSR count). The monoisotopic (exact) mass is 240 g/mol. The van der Waals surface area contributed by atoms with Crippen LogP contribution < -0.4 is 11.2 Å². The normalized spacial score (nSPS) is 11.8. The Morgan fingerprint density at radius 3 is 3.00 bits per heavy atom. The van der Waals surface area contributed by atoms with Gasteiger partial charge in [0.1, 0.15) is 5.15 Å². The highest BCUT2D eigenvalue weighted by molar-refractivity contribution is 6.29. The Morgan fingerprint density at radius 2 is 2.50 bits per heavy atom. The number of carbonyl (C=O) groups is 1. The smallest absolute Gasteiger partial charge is 0.251 e. The fourth-order valence-corrected chi connectivity index (χ4v) is 0.960. The first-order valence-corrected chi connectivity index (χ1v) is 4.68. The van der Waals surface area contributed by atoms with Gasteiger partial charge in [-0.2, -0.15) is 10.7 Å². The minimum atomic E-state index is -1.17. The van der Waals surface area contributed by atoms with Gasteiger partial charge in [0.2, 0.25) is 0 Å². The first kappa shape index (κ1) is 12.4. The first-order chi connectivity index (χ1) is 7.63. The Morgan fingerprint density at radius 1 is 1.75 bits per heavy atom. The third kappa shape index (κ3) is 3.82. The Bertz CT molecular complexity index is 401. The number of pyridine rings is 1. The third-order valence-electron chi connectivity index (χ3n) is 1.64. The van der Waals surface area contributed by atoms with Gasteiger partial charge in [0, 0.05) is 6.20 Å². The van der Waals surface area contributed by atoms with Crippen molar-refractivity contribution in [2.24, 2.45) is 5.73 Å². The van der Waals surface area contributed by atoms with Crippen LogP contribution in [0.1, 0.15) is 5.56 Å². The molecule has 0 fully saturated rings. The van der Waals surface area contributed by atoms with Crippen LogP contribution in [0.15, 0.2) is 18.3 Å². The number of primary amides is 1. The van der Waals surface area contributed by atoms with Crippen LogP contribution in [0.3, 0.4) is 0 Å². The van der Waals surface area contributed by atoms with Crippen LogP contribution in [0.2, 0.25) is 5.15 Å². The molecule has 0 spiro atoms. The molecule has 0 bridgehead atoms. The van der Waals surface area contributed by atoms with Crippen molar-refractivity contribution < 1.29 is 9.63 Å². The molecule has 1 amide bonds. The number of nitrogens with zero attached hydrogens (tertiary/aromatic N) is 2. The van der Waals surface area contributed by atoms with E-state index in [0.717, 1.165) is 5.56 Å². The quantitative estimate of drug-likeness (QED) is 0.563. The molecule has 1 unspecified atom stereocenters. The van der Waals surface area contributed by atoms with Gasteiger partial charge >= 0.3 is 0 Å². The molecule has 0 aliphatic rings. The number of hydroxylamine groups is 1. The van der Waals surface area contributed by atoms with Crippen molar-refractivity contribution in [1.82, 2.24) is 10.5 Å². The molecule has 3 N–H and O–H groups in total. The van der Waals surface area contributed by atoms with Crippen molar-refractivity contribution in [1.29, 1.82) is 5.26 Å². The highest BCUT2D eigenvalue weighted by atomic mass is 35.5. The van der Waals surface area contributed by atoms with E-state index in [2.05, 4.69) is 10.5 Å². The van der Waals surface area contributed by atoms with E-state index in [1.807, 2.05) is 0 Å². The second kappa shape index (κ2) is 6.02. The topological polar surface area (TPSA) is 101 Å². The Kier molecular flexibility index (Phi) is 4.66. The van der Waals surface area contributed by atoms with Gasteiger partial charge in [-0.3, -0.25) is 9.63 Å². The Labute approximate surface area is 96.9 Å². The standard InChI is InChI=1S/C9H9ClN4O2/c10-8-2-1-6(4-13-8)5-16-14-7(3-11)9(12)15/h1-2,4,7,14H,5H2,(H2,12,15). The zero-order valence-electron chi connectivity index (χ0n) is 8.18. The predicted molar refractivity (Wildman–Crippen MR) is 55.8 cm³/mol. The van der Waals surface area contributed by atoms with Gasteiger partial charge < -0.3 is 5.73 Å². The lowest BCUT2D eigenvalue weighted by molar-refractivity contribution is -0.122. The highest BCUT2D eigenvalue weighted by Crippen LogP contribution is 2.05. The zero-order chi connectivity index (χ0) is 12.0. The number of hydrogen-bond donors (Lipinski definition) is 2. The van der Waals surface area contributed by atoms with Crippen LogP contribution in [0.25, 0.3) is 0 Å². The van der Waals surface area contributed by atoms with Crippen LogP contribution in [-0.4, -0.2) is 16.9 Å². The van der Waals surface area contributed by atoms with E-state index in [4.69, 9.17) is 27.4 Å². The number of amides is 1. The molecule has 0 radical (unpaired) electrons. The molecule has 1 aromatic rings. The molecule has 0 aliphatic heterocycles. The fourth-order valence-electron chi connectivity index (χ4n) is 0.848. The number of rotatable bonds is 5. The molecule has 1 aromatic heterocycles. The SMILES string of the molecule is N#CC(NOCc1ccc(Cl)nc1)C(N)=O. The predicted octanol–water partition coefficient (Wildman–Crippen LogP) is 0.134. The van der Waals surface area contributed by atoms with Gasteiger partial charge in [-0.1, -0.05) is 17.7 Å². The number of nitrogens with two attached hydrogens (primary N) is 1. The van der Waals surface area contributed by atoms with Crippen LogP contribution >= 0.6 is 11.6 Å². The van der Waals surface area contributed by atoms with E-state index in [1.165, 1.54) is 6.20 Å². The van der Waals surface area contributed by atoms with E-state index >= 15 is 0 Å². The number of nitrogens with one attached hydrogen (secondary N) is 1. The van der Waals surface area contributed by atoms with Crippen LogP contribution in [0.5, 0.6) is 0 Å². The summed E-state index contributed by atoms with van der Waals surface area (Å²) in [6.45, 7) is 0.148. The molecule has 1 atom stereocenters. The van der Waals surface area contributed by atoms with Crippen LogP contribution in [0.4, 0.5) is 0 Å². The minimum Gasteiger partial charge on any atom is -0.367 e. The third-order valence-corrected chi connectivity index (χ3v) is 1.87. The summed E-state index contributed by atoms with van der Waals surface area (Å²) in [4.78, 5) is 19.4. The van der Waals surface area contributed by atoms with Gasteiger partial charge in [-0.25, -0.2) is 4.98 Å². The van der Waals surface area contributed by atoms with Gasteiger partial charge in [-0.15, -0.1) is 0 Å². The van der Waals surface area contributed by atoms with Crippen LogP contribution in [0, 0.1) is 11.3 Å². The van der Waals surface area contributed by atoms with E-state index in [1.54, 1.807) is 18.2 Å². The molecule has 0 saturated heterocycles. The number of halogens is 1. The molecule has 1 heterocycles. The zero-order valence-corrected chi connectivity index (χ0v) is 8.94. The number of carbonyl (C=O) groups excluding carboxylic acids is 1. The first-order valence-electron chi connectivity index (χ1n) is 4.30. The molecule has 6 nitrogen and oxygen atoms in total. The number of aromatic nitrogens is 1. The largest absolute Gasteiger partial charge is 0.367 e. The van der Waals surface area contributed by atoms with E-state index in [9.17, 15) is 4.79 Å². The maximum absolute atomic E-state index is 10.6. The van der Waals surface area contributed by atoms with Crippen molar-refractivity contribution in [2.45, 2.75) is 12.6 Å². The van der Waals surface area contributed by atoms with Gasteiger partial charge in [0.25, 0.3) is 5.91 Å². The molecule has 16 heavy (non-hydrogen) atoms. The molecule has 0 saturated carbocycles. The van der Waals surface area contributed by atoms with Crippen molar-refractivity contribution in [3.05, 3.63) is 29.0 Å². The van der Waals surface area contributed by atoms with Crippen molar-refractivity contribution in [3.63, 3.8) is 0 Å². The summed E-state index contributed by atoms with van der Waals surface area (Å²) in [7, 11) is 0. The summed E-state index contributed by atoms with van der Waals surface area (Å²) in [5, 5.41) is 8.89. The summed E-state index contributed by atoms with van der Waals surface area (Å²) in [5.74, 6) is -0.795. The molecule has 7 heteroatoms. The van der Waals surface area contributed by atoms with Crippen LogP contribution in [-0.2, 0) is 16.2 Å². The van der Waals surface area contributed by atoms with Gasteiger partial charge in [-0.05, 0) is 11.6 Å². The second-order valence-electron chi connectivity index (χ2n) is 2.86. The van der Waals surface area contributed by atoms with E-state index < -0.39 is 11.9 Å².